The highest BCUT2D eigenvalue weighted by Crippen LogP contribution is 2.22. The molecule has 0 spiro atoms. The number of aliphatic imine (C=N–C) groups is 1. The molecule has 0 aliphatic carbocycles. The third-order valence-corrected chi connectivity index (χ3v) is 2.81. The summed E-state index contributed by atoms with van der Waals surface area (Å²) >= 11 is 5.99. The van der Waals surface area contributed by atoms with Crippen LogP contribution in [0.5, 0.6) is 0 Å². The lowest BCUT2D eigenvalue weighted by Crippen LogP contribution is -1.84. The molecule has 0 radical (unpaired) electrons. The van der Waals surface area contributed by atoms with Gasteiger partial charge in [-0.05, 0) is 36.4 Å². The average molecular weight is 283 g/mol. The Labute approximate surface area is 124 Å². The zero-order chi connectivity index (χ0) is 14.0. The second-order valence-corrected chi connectivity index (χ2v) is 4.39. The van der Waals surface area contributed by atoms with E-state index < -0.39 is 0 Å². The van der Waals surface area contributed by atoms with Gasteiger partial charge in [-0.15, -0.1) is 0 Å². The van der Waals surface area contributed by atoms with Gasteiger partial charge in [0.05, 0.1) is 10.7 Å². The Morgan fingerprint density at radius 3 is 2.40 bits per heavy atom. The van der Waals surface area contributed by atoms with Crippen molar-refractivity contribution in [3.63, 3.8) is 0 Å². The molecular weight excluding hydrogens is 268 g/mol. The summed E-state index contributed by atoms with van der Waals surface area (Å²) in [5, 5.41) is 3.82. The van der Waals surface area contributed by atoms with Crippen LogP contribution < -0.4 is 5.32 Å². The van der Waals surface area contributed by atoms with Crippen LogP contribution in [0.25, 0.3) is 0 Å². The van der Waals surface area contributed by atoms with Gasteiger partial charge >= 0.3 is 0 Å². The van der Waals surface area contributed by atoms with Gasteiger partial charge in [0.15, 0.2) is 0 Å². The van der Waals surface area contributed by atoms with Crippen molar-refractivity contribution in [2.24, 2.45) is 4.99 Å². The van der Waals surface area contributed by atoms with Gasteiger partial charge in [0, 0.05) is 18.1 Å². The van der Waals surface area contributed by atoms with E-state index in [9.17, 15) is 0 Å². The predicted octanol–water partition coefficient (Wildman–Crippen LogP) is 5.22. The molecule has 0 saturated carbocycles. The molecule has 0 aliphatic rings. The minimum absolute atomic E-state index is 0.651. The quantitative estimate of drug-likeness (QED) is 0.590. The van der Waals surface area contributed by atoms with Crippen molar-refractivity contribution < 1.29 is 0 Å². The smallest absolute Gasteiger partial charge is 0.0815 e. The molecule has 0 saturated heterocycles. The summed E-state index contributed by atoms with van der Waals surface area (Å²) in [5.41, 5.74) is 1.83. The van der Waals surface area contributed by atoms with Gasteiger partial charge in [-0.1, -0.05) is 48.0 Å². The SMILES string of the molecule is Clc1ccccc1N=C/C=C/C=C/Nc1ccccc1. The second kappa shape index (κ2) is 7.97. The summed E-state index contributed by atoms with van der Waals surface area (Å²) in [6, 6.07) is 17.5. The number of hydrogen-bond acceptors (Lipinski definition) is 2. The fraction of sp³-hybridized carbons (Fsp3) is 0. The average Bonchev–Trinajstić information content (AvgIpc) is 2.49. The number of nitrogens with zero attached hydrogens (tertiary/aromatic N) is 1. The van der Waals surface area contributed by atoms with Gasteiger partial charge < -0.3 is 5.32 Å². The van der Waals surface area contributed by atoms with E-state index >= 15 is 0 Å². The molecule has 0 aromatic heterocycles. The van der Waals surface area contributed by atoms with E-state index in [4.69, 9.17) is 11.6 Å². The molecule has 2 nitrogen and oxygen atoms in total. The van der Waals surface area contributed by atoms with Gasteiger partial charge in [0.1, 0.15) is 0 Å². The molecule has 0 heterocycles. The molecule has 20 heavy (non-hydrogen) atoms. The number of hydrogen-bond donors (Lipinski definition) is 1. The first-order valence-electron chi connectivity index (χ1n) is 6.28. The fourth-order valence-corrected chi connectivity index (χ4v) is 1.71. The summed E-state index contributed by atoms with van der Waals surface area (Å²) in [6.07, 6.45) is 9.25. The Hall–Kier alpha value is -2.32. The van der Waals surface area contributed by atoms with E-state index in [1.165, 1.54) is 0 Å². The van der Waals surface area contributed by atoms with Crippen LogP contribution in [-0.4, -0.2) is 6.21 Å². The molecule has 2 rings (SSSR count). The molecule has 1 N–H and O–H groups in total. The first kappa shape index (κ1) is 14.1. The first-order valence-corrected chi connectivity index (χ1v) is 6.66. The number of rotatable bonds is 5. The summed E-state index contributed by atoms with van der Waals surface area (Å²) in [6.45, 7) is 0. The third kappa shape index (κ3) is 4.75. The number of para-hydroxylation sites is 2. The van der Waals surface area contributed by atoms with Crippen LogP contribution in [0.15, 0.2) is 84.0 Å². The van der Waals surface area contributed by atoms with Crippen molar-refractivity contribution >= 4 is 29.2 Å². The highest BCUT2D eigenvalue weighted by Gasteiger charge is 1.92. The maximum atomic E-state index is 5.99. The van der Waals surface area contributed by atoms with E-state index in [-0.39, 0.29) is 0 Å². The van der Waals surface area contributed by atoms with Crippen LogP contribution in [-0.2, 0) is 0 Å². The Balaban J connectivity index is 1.81. The highest BCUT2D eigenvalue weighted by molar-refractivity contribution is 6.33. The molecule has 0 unspecified atom stereocenters. The van der Waals surface area contributed by atoms with Crippen LogP contribution in [0.2, 0.25) is 5.02 Å². The lowest BCUT2D eigenvalue weighted by atomic mass is 10.3. The van der Waals surface area contributed by atoms with E-state index in [2.05, 4.69) is 10.3 Å². The Morgan fingerprint density at radius 1 is 0.850 bits per heavy atom. The topological polar surface area (TPSA) is 24.4 Å². The molecule has 0 atom stereocenters. The van der Waals surface area contributed by atoms with Crippen molar-refractivity contribution in [3.05, 3.63) is 84.0 Å². The Kier molecular flexibility index (Phi) is 5.62. The summed E-state index contributed by atoms with van der Waals surface area (Å²) < 4.78 is 0. The second-order valence-electron chi connectivity index (χ2n) is 3.98. The summed E-state index contributed by atoms with van der Waals surface area (Å²) in [4.78, 5) is 4.26. The van der Waals surface area contributed by atoms with Crippen molar-refractivity contribution in [1.29, 1.82) is 0 Å². The van der Waals surface area contributed by atoms with E-state index in [1.54, 1.807) is 6.21 Å². The highest BCUT2D eigenvalue weighted by atomic mass is 35.5. The minimum atomic E-state index is 0.651. The van der Waals surface area contributed by atoms with Crippen molar-refractivity contribution in [3.8, 4) is 0 Å². The Bertz CT molecular complexity index is 616. The molecule has 100 valence electrons. The molecule has 0 fully saturated rings. The molecule has 0 bridgehead atoms. The number of benzene rings is 2. The van der Waals surface area contributed by atoms with Crippen LogP contribution in [0.3, 0.4) is 0 Å². The molecule has 0 aliphatic heterocycles. The summed E-state index contributed by atoms with van der Waals surface area (Å²) in [7, 11) is 0. The number of nitrogens with one attached hydrogen (secondary N) is 1. The zero-order valence-electron chi connectivity index (χ0n) is 10.9. The van der Waals surface area contributed by atoms with E-state index in [0.29, 0.717) is 5.02 Å². The van der Waals surface area contributed by atoms with Gasteiger partial charge in [-0.25, -0.2) is 0 Å². The maximum Gasteiger partial charge on any atom is 0.0815 e. The molecule has 3 heteroatoms. The van der Waals surface area contributed by atoms with Crippen molar-refractivity contribution in [2.45, 2.75) is 0 Å². The van der Waals surface area contributed by atoms with Crippen LogP contribution in [0, 0.1) is 0 Å². The number of anilines is 1. The fourth-order valence-electron chi connectivity index (χ4n) is 1.53. The van der Waals surface area contributed by atoms with Gasteiger partial charge in [0.25, 0.3) is 0 Å². The summed E-state index contributed by atoms with van der Waals surface area (Å²) in [5.74, 6) is 0. The van der Waals surface area contributed by atoms with Gasteiger partial charge in [-0.2, -0.15) is 0 Å². The predicted molar refractivity (Wildman–Crippen MR) is 87.9 cm³/mol. The van der Waals surface area contributed by atoms with Crippen LogP contribution in [0.1, 0.15) is 0 Å². The van der Waals surface area contributed by atoms with E-state index in [1.807, 2.05) is 79.0 Å². The molecule has 0 amide bonds. The van der Waals surface area contributed by atoms with Crippen molar-refractivity contribution in [2.75, 3.05) is 5.32 Å². The Morgan fingerprint density at radius 2 is 1.60 bits per heavy atom. The van der Waals surface area contributed by atoms with Crippen LogP contribution >= 0.6 is 11.6 Å². The minimum Gasteiger partial charge on any atom is -0.362 e. The third-order valence-electron chi connectivity index (χ3n) is 2.49. The van der Waals surface area contributed by atoms with Crippen molar-refractivity contribution in [1.82, 2.24) is 0 Å². The molecular formula is C17H15ClN2. The molecule has 2 aromatic carbocycles. The number of halogens is 1. The van der Waals surface area contributed by atoms with Gasteiger partial charge in [-0.3, -0.25) is 4.99 Å². The monoisotopic (exact) mass is 282 g/mol. The standard InChI is InChI=1S/C17H15ClN2/c18-16-11-5-6-12-17(16)20-14-8-2-7-13-19-15-9-3-1-4-10-15/h1-14,19H/b8-2+,13-7+,20-14?. The van der Waals surface area contributed by atoms with Crippen LogP contribution in [0.4, 0.5) is 11.4 Å². The zero-order valence-corrected chi connectivity index (χ0v) is 11.7. The van der Waals surface area contributed by atoms with Gasteiger partial charge in [0.2, 0.25) is 0 Å². The largest absolute Gasteiger partial charge is 0.362 e. The number of allylic oxidation sites excluding steroid dienone is 3. The lowest BCUT2D eigenvalue weighted by molar-refractivity contribution is 1.54. The normalized spacial score (nSPS) is 11.7. The first-order chi connectivity index (χ1) is 9.86. The maximum absolute atomic E-state index is 5.99. The van der Waals surface area contributed by atoms with E-state index in [0.717, 1.165) is 11.4 Å². The molecule has 2 aromatic rings. The lowest BCUT2D eigenvalue weighted by Gasteiger charge is -1.97.